The highest BCUT2D eigenvalue weighted by Gasteiger charge is 2.24. The van der Waals surface area contributed by atoms with Gasteiger partial charge in [0.1, 0.15) is 17.3 Å². The van der Waals surface area contributed by atoms with Crippen molar-refractivity contribution in [2.24, 2.45) is 4.99 Å². The van der Waals surface area contributed by atoms with Crippen molar-refractivity contribution < 1.29 is 4.79 Å². The number of H-pyrrole nitrogens is 1. The van der Waals surface area contributed by atoms with Gasteiger partial charge in [-0.05, 0) is 18.9 Å². The molecule has 1 aliphatic carbocycles. The molecular formula is C15H23N5O. The summed E-state index contributed by atoms with van der Waals surface area (Å²) in [5, 5.41) is 3.13. The van der Waals surface area contributed by atoms with Gasteiger partial charge < -0.3 is 15.2 Å². The minimum atomic E-state index is -0.0481. The monoisotopic (exact) mass is 289 g/mol. The first-order valence-corrected chi connectivity index (χ1v) is 7.65. The largest absolute Gasteiger partial charge is 0.352 e. The lowest BCUT2D eigenvalue weighted by molar-refractivity contribution is 0.217. The molecule has 0 spiro atoms. The van der Waals surface area contributed by atoms with Crippen molar-refractivity contribution in [2.45, 2.75) is 38.1 Å². The maximum absolute atomic E-state index is 12.4. The molecule has 2 amide bonds. The summed E-state index contributed by atoms with van der Waals surface area (Å²) in [5.74, 6) is 1.78. The van der Waals surface area contributed by atoms with Gasteiger partial charge in [0.25, 0.3) is 0 Å². The molecule has 0 aromatic carbocycles. The number of amidine groups is 1. The zero-order chi connectivity index (χ0) is 14.8. The molecule has 2 N–H and O–H groups in total. The molecule has 1 aromatic heterocycles. The number of nitrogens with one attached hydrogen (secondary N) is 2. The van der Waals surface area contributed by atoms with Crippen molar-refractivity contribution in [1.29, 1.82) is 0 Å². The number of urea groups is 1. The fraction of sp³-hybridized carbons (Fsp3) is 0.600. The Balaban J connectivity index is 1.67. The number of carbonyl (C=O) groups excluding carboxylic acids is 1. The van der Waals surface area contributed by atoms with Crippen LogP contribution < -0.4 is 10.2 Å². The van der Waals surface area contributed by atoms with Crippen LogP contribution in [0.1, 0.15) is 32.1 Å². The second-order valence-electron chi connectivity index (χ2n) is 5.94. The van der Waals surface area contributed by atoms with Crippen molar-refractivity contribution >= 4 is 23.4 Å². The summed E-state index contributed by atoms with van der Waals surface area (Å²) in [6, 6.07) is 2.20. The van der Waals surface area contributed by atoms with E-state index in [1.807, 2.05) is 19.3 Å². The molecule has 21 heavy (non-hydrogen) atoms. The molecule has 114 valence electrons. The SMILES string of the molecule is CN(C(=O)NC1CCCCC1)C1=Nc2cc[nH]c2N(C)C1. The molecule has 6 nitrogen and oxygen atoms in total. The van der Waals surface area contributed by atoms with E-state index in [1.54, 1.807) is 11.9 Å². The van der Waals surface area contributed by atoms with Crippen LogP contribution in [0.3, 0.4) is 0 Å². The van der Waals surface area contributed by atoms with Gasteiger partial charge in [0, 0.05) is 26.3 Å². The lowest BCUT2D eigenvalue weighted by atomic mass is 9.96. The first kappa shape index (κ1) is 14.0. The molecule has 3 rings (SSSR count). The highest BCUT2D eigenvalue weighted by Crippen LogP contribution is 2.29. The third-order valence-electron chi connectivity index (χ3n) is 4.34. The van der Waals surface area contributed by atoms with E-state index >= 15 is 0 Å². The van der Waals surface area contributed by atoms with Crippen molar-refractivity contribution in [3.8, 4) is 0 Å². The molecule has 0 bridgehead atoms. The number of rotatable bonds is 1. The first-order valence-electron chi connectivity index (χ1n) is 7.65. The molecule has 1 aromatic rings. The third-order valence-corrected chi connectivity index (χ3v) is 4.34. The van der Waals surface area contributed by atoms with E-state index < -0.39 is 0 Å². The predicted octanol–water partition coefficient (Wildman–Crippen LogP) is 2.47. The molecule has 0 atom stereocenters. The Morgan fingerprint density at radius 3 is 2.95 bits per heavy atom. The Bertz CT molecular complexity index is 544. The summed E-state index contributed by atoms with van der Waals surface area (Å²) in [6.45, 7) is 0.627. The topological polar surface area (TPSA) is 63.7 Å². The summed E-state index contributed by atoms with van der Waals surface area (Å²) in [5.41, 5.74) is 0.885. The molecule has 2 heterocycles. The molecule has 1 saturated carbocycles. The van der Waals surface area contributed by atoms with E-state index in [0.717, 1.165) is 30.2 Å². The Labute approximate surface area is 125 Å². The number of nitrogens with zero attached hydrogens (tertiary/aromatic N) is 3. The zero-order valence-corrected chi connectivity index (χ0v) is 12.7. The van der Waals surface area contributed by atoms with Crippen LogP contribution >= 0.6 is 0 Å². The number of amides is 2. The standard InChI is InChI=1S/C15H23N5O/c1-19-10-13(18-12-8-9-16-14(12)19)20(2)15(21)17-11-6-4-3-5-7-11/h8-9,11,16H,3-7,10H2,1-2H3,(H,17,21). The fourth-order valence-corrected chi connectivity index (χ4v) is 3.03. The van der Waals surface area contributed by atoms with Crippen molar-refractivity contribution in [3.05, 3.63) is 12.3 Å². The predicted molar refractivity (Wildman–Crippen MR) is 84.3 cm³/mol. The van der Waals surface area contributed by atoms with Crippen LogP contribution in [0.5, 0.6) is 0 Å². The normalized spacial score (nSPS) is 19.0. The first-order chi connectivity index (χ1) is 10.1. The van der Waals surface area contributed by atoms with Crippen LogP contribution in [0.25, 0.3) is 0 Å². The highest BCUT2D eigenvalue weighted by molar-refractivity contribution is 6.02. The average molecular weight is 289 g/mol. The van der Waals surface area contributed by atoms with E-state index in [4.69, 9.17) is 0 Å². The second-order valence-corrected chi connectivity index (χ2v) is 5.94. The number of aromatic amines is 1. The smallest absolute Gasteiger partial charge is 0.322 e. The fourth-order valence-electron chi connectivity index (χ4n) is 3.03. The minimum Gasteiger partial charge on any atom is -0.352 e. The van der Waals surface area contributed by atoms with Crippen LogP contribution in [0.15, 0.2) is 17.3 Å². The van der Waals surface area contributed by atoms with Crippen molar-refractivity contribution in [1.82, 2.24) is 15.2 Å². The molecule has 1 aliphatic heterocycles. The molecule has 6 heteroatoms. The zero-order valence-electron chi connectivity index (χ0n) is 12.7. The summed E-state index contributed by atoms with van der Waals surface area (Å²) >= 11 is 0. The number of hydrogen-bond donors (Lipinski definition) is 2. The molecular weight excluding hydrogens is 266 g/mol. The molecule has 2 aliphatic rings. The summed E-state index contributed by atoms with van der Waals surface area (Å²) < 4.78 is 0. The van der Waals surface area contributed by atoms with Crippen LogP contribution in [0, 0.1) is 0 Å². The Hall–Kier alpha value is -1.98. The minimum absolute atomic E-state index is 0.0481. The van der Waals surface area contributed by atoms with Crippen LogP contribution in [-0.4, -0.2) is 48.4 Å². The van der Waals surface area contributed by atoms with Gasteiger partial charge in [-0.3, -0.25) is 4.90 Å². The lowest BCUT2D eigenvalue weighted by Crippen LogP contribution is -2.49. The van der Waals surface area contributed by atoms with E-state index in [9.17, 15) is 4.79 Å². The van der Waals surface area contributed by atoms with Crippen LogP contribution in [0.2, 0.25) is 0 Å². The van der Waals surface area contributed by atoms with E-state index in [1.165, 1.54) is 19.3 Å². The van der Waals surface area contributed by atoms with Gasteiger partial charge in [0.15, 0.2) is 0 Å². The quantitative estimate of drug-likeness (QED) is 0.834. The number of hydrogen-bond acceptors (Lipinski definition) is 3. The second kappa shape index (κ2) is 5.79. The lowest BCUT2D eigenvalue weighted by Gasteiger charge is -2.30. The molecule has 0 saturated heterocycles. The number of aliphatic imine (C=N–C) groups is 1. The molecule has 1 fully saturated rings. The van der Waals surface area contributed by atoms with Gasteiger partial charge in [0.2, 0.25) is 0 Å². The Morgan fingerprint density at radius 2 is 2.19 bits per heavy atom. The molecule has 0 radical (unpaired) electrons. The number of carbonyl (C=O) groups is 1. The van der Waals surface area contributed by atoms with Crippen molar-refractivity contribution in [2.75, 3.05) is 25.5 Å². The van der Waals surface area contributed by atoms with Gasteiger partial charge in [-0.1, -0.05) is 19.3 Å². The maximum atomic E-state index is 12.4. The number of anilines is 1. The van der Waals surface area contributed by atoms with Gasteiger partial charge in [-0.15, -0.1) is 0 Å². The summed E-state index contributed by atoms with van der Waals surface area (Å²) in [7, 11) is 3.79. The number of likely N-dealkylation sites (N-methyl/N-ethyl adjacent to an activating group) is 2. The van der Waals surface area contributed by atoms with Gasteiger partial charge in [-0.25, -0.2) is 9.79 Å². The number of aromatic nitrogens is 1. The maximum Gasteiger partial charge on any atom is 0.322 e. The average Bonchev–Trinajstić information content (AvgIpc) is 2.96. The van der Waals surface area contributed by atoms with E-state index in [-0.39, 0.29) is 6.03 Å². The van der Waals surface area contributed by atoms with Crippen LogP contribution in [-0.2, 0) is 0 Å². The number of fused-ring (bicyclic) bond motifs is 1. The summed E-state index contributed by atoms with van der Waals surface area (Å²) in [6.07, 6.45) is 7.77. The molecule has 0 unspecified atom stereocenters. The van der Waals surface area contributed by atoms with Gasteiger partial charge in [-0.2, -0.15) is 0 Å². The highest BCUT2D eigenvalue weighted by atomic mass is 16.2. The van der Waals surface area contributed by atoms with Gasteiger partial charge >= 0.3 is 6.03 Å². The van der Waals surface area contributed by atoms with Crippen molar-refractivity contribution in [3.63, 3.8) is 0 Å². The van der Waals surface area contributed by atoms with E-state index in [2.05, 4.69) is 20.2 Å². The van der Waals surface area contributed by atoms with Gasteiger partial charge in [0.05, 0.1) is 6.54 Å². The van der Waals surface area contributed by atoms with E-state index in [0.29, 0.717) is 12.6 Å². The Morgan fingerprint density at radius 1 is 1.43 bits per heavy atom. The Kier molecular flexibility index (Phi) is 3.86. The van der Waals surface area contributed by atoms with Crippen LogP contribution in [0.4, 0.5) is 16.3 Å². The summed E-state index contributed by atoms with van der Waals surface area (Å²) in [4.78, 5) is 23.8. The third kappa shape index (κ3) is 2.89.